The predicted molar refractivity (Wildman–Crippen MR) is 82.2 cm³/mol. The van der Waals surface area contributed by atoms with Crippen LogP contribution >= 0.6 is 0 Å². The van der Waals surface area contributed by atoms with E-state index in [2.05, 4.69) is 5.92 Å². The smallest absolute Gasteiger partial charge is 0.228 e. The summed E-state index contributed by atoms with van der Waals surface area (Å²) in [6.45, 7) is 0.126. The van der Waals surface area contributed by atoms with Crippen LogP contribution in [-0.2, 0) is 21.1 Å². The maximum absolute atomic E-state index is 12.4. The van der Waals surface area contributed by atoms with Crippen LogP contribution in [0.3, 0.4) is 0 Å². The molecule has 0 bridgehead atoms. The van der Waals surface area contributed by atoms with Crippen molar-refractivity contribution in [3.63, 3.8) is 0 Å². The van der Waals surface area contributed by atoms with Gasteiger partial charge < -0.3 is 10.6 Å². The first-order valence-corrected chi connectivity index (χ1v) is 8.51. The first kappa shape index (κ1) is 15.4. The van der Waals surface area contributed by atoms with E-state index in [1.54, 1.807) is 18.2 Å². The molecule has 5 nitrogen and oxygen atoms in total. The van der Waals surface area contributed by atoms with Crippen LogP contribution in [-0.4, -0.2) is 43.3 Å². The molecule has 21 heavy (non-hydrogen) atoms. The van der Waals surface area contributed by atoms with Crippen LogP contribution in [0.15, 0.2) is 24.3 Å². The molecule has 1 aliphatic rings. The molecule has 1 aromatic carbocycles. The molecule has 2 N–H and O–H groups in total. The number of amides is 1. The van der Waals surface area contributed by atoms with Crippen LogP contribution in [0.25, 0.3) is 0 Å². The van der Waals surface area contributed by atoms with E-state index in [-0.39, 0.29) is 36.4 Å². The van der Waals surface area contributed by atoms with Gasteiger partial charge in [-0.25, -0.2) is 8.42 Å². The lowest BCUT2D eigenvalue weighted by molar-refractivity contribution is -0.131. The quantitative estimate of drug-likeness (QED) is 0.647. The molecule has 6 heteroatoms. The number of anilines is 1. The van der Waals surface area contributed by atoms with Gasteiger partial charge in [0.1, 0.15) is 0 Å². The molecule has 0 radical (unpaired) electrons. The lowest BCUT2D eigenvalue weighted by atomic mass is 10.1. The Hall–Kier alpha value is -2.00. The van der Waals surface area contributed by atoms with Crippen molar-refractivity contribution < 1.29 is 13.2 Å². The summed E-state index contributed by atoms with van der Waals surface area (Å²) in [5, 5.41) is 0. The Labute approximate surface area is 125 Å². The third-order valence-electron chi connectivity index (χ3n) is 3.54. The number of sulfone groups is 1. The van der Waals surface area contributed by atoms with Crippen molar-refractivity contribution in [3.8, 4) is 12.3 Å². The zero-order valence-corrected chi connectivity index (χ0v) is 12.5. The fourth-order valence-corrected chi connectivity index (χ4v) is 4.25. The van der Waals surface area contributed by atoms with Gasteiger partial charge in [0.15, 0.2) is 9.84 Å². The zero-order chi connectivity index (χ0) is 15.5. The Morgan fingerprint density at radius 3 is 2.81 bits per heavy atom. The van der Waals surface area contributed by atoms with E-state index >= 15 is 0 Å². The fraction of sp³-hybridized carbons (Fsp3) is 0.400. The number of hydrogen-bond donors (Lipinski definition) is 1. The number of carbonyl (C=O) groups is 1. The molecule has 1 heterocycles. The van der Waals surface area contributed by atoms with Gasteiger partial charge in [-0.1, -0.05) is 18.1 Å². The number of nitrogens with zero attached hydrogens (tertiary/aromatic N) is 1. The lowest BCUT2D eigenvalue weighted by Crippen LogP contribution is -2.42. The standard InChI is InChI=1S/C15H18N2O3S/c1-2-7-17(14-6-8-21(19,20)11-14)15(18)10-12-4-3-5-13(16)9-12/h1,3-5,9,14H,6-8,10-11,16H2. The third kappa shape index (κ3) is 3.99. The summed E-state index contributed by atoms with van der Waals surface area (Å²) in [6, 6.07) is 6.75. The first-order valence-electron chi connectivity index (χ1n) is 6.69. The van der Waals surface area contributed by atoms with Crippen molar-refractivity contribution in [2.45, 2.75) is 18.9 Å². The molecule has 0 aliphatic carbocycles. The summed E-state index contributed by atoms with van der Waals surface area (Å²) in [4.78, 5) is 13.9. The Morgan fingerprint density at radius 1 is 1.48 bits per heavy atom. The number of benzene rings is 1. The van der Waals surface area contributed by atoms with Gasteiger partial charge in [0.25, 0.3) is 0 Å². The highest BCUT2D eigenvalue weighted by atomic mass is 32.2. The number of rotatable bonds is 4. The van der Waals surface area contributed by atoms with Crippen LogP contribution in [0.1, 0.15) is 12.0 Å². The van der Waals surface area contributed by atoms with Crippen molar-refractivity contribution in [3.05, 3.63) is 29.8 Å². The Kier molecular flexibility index (Phi) is 4.53. The Bertz CT molecular complexity index is 676. The summed E-state index contributed by atoms with van der Waals surface area (Å²) < 4.78 is 23.1. The largest absolute Gasteiger partial charge is 0.399 e. The van der Waals surface area contributed by atoms with Gasteiger partial charge in [-0.15, -0.1) is 6.42 Å². The van der Waals surface area contributed by atoms with E-state index in [0.717, 1.165) is 5.56 Å². The zero-order valence-electron chi connectivity index (χ0n) is 11.7. The average molecular weight is 306 g/mol. The van der Waals surface area contributed by atoms with Gasteiger partial charge in [0.05, 0.1) is 24.5 Å². The summed E-state index contributed by atoms with van der Waals surface area (Å²) in [7, 11) is -3.05. The minimum absolute atomic E-state index is 0.00263. The highest BCUT2D eigenvalue weighted by Gasteiger charge is 2.34. The molecule has 0 spiro atoms. The highest BCUT2D eigenvalue weighted by Crippen LogP contribution is 2.19. The summed E-state index contributed by atoms with van der Waals surface area (Å²) in [6.07, 6.45) is 5.93. The van der Waals surface area contributed by atoms with Crippen LogP contribution in [0.5, 0.6) is 0 Å². The topological polar surface area (TPSA) is 80.5 Å². The van der Waals surface area contributed by atoms with Crippen LogP contribution in [0.2, 0.25) is 0 Å². The second kappa shape index (κ2) is 6.19. The van der Waals surface area contributed by atoms with E-state index in [9.17, 15) is 13.2 Å². The van der Waals surface area contributed by atoms with Crippen LogP contribution in [0.4, 0.5) is 5.69 Å². The minimum Gasteiger partial charge on any atom is -0.399 e. The fourth-order valence-electron chi connectivity index (χ4n) is 2.52. The molecular weight excluding hydrogens is 288 g/mol. The number of nitrogens with two attached hydrogens (primary N) is 1. The molecule has 1 atom stereocenters. The molecule has 1 aromatic rings. The van der Waals surface area contributed by atoms with Crippen molar-refractivity contribution in [1.29, 1.82) is 0 Å². The van der Waals surface area contributed by atoms with E-state index in [1.807, 2.05) is 6.07 Å². The molecule has 1 unspecified atom stereocenters. The normalized spacial score (nSPS) is 19.9. The average Bonchev–Trinajstić information content (AvgIpc) is 2.76. The van der Waals surface area contributed by atoms with Crippen LogP contribution in [0, 0.1) is 12.3 Å². The number of hydrogen-bond acceptors (Lipinski definition) is 4. The summed E-state index contributed by atoms with van der Waals surface area (Å²) in [5.41, 5.74) is 7.07. The minimum atomic E-state index is -3.05. The molecule has 0 aromatic heterocycles. The maximum Gasteiger partial charge on any atom is 0.228 e. The van der Waals surface area contributed by atoms with E-state index in [1.165, 1.54) is 4.90 Å². The second-order valence-corrected chi connectivity index (χ2v) is 7.43. The molecule has 1 aliphatic heterocycles. The van der Waals surface area contributed by atoms with Crippen molar-refractivity contribution in [1.82, 2.24) is 4.90 Å². The van der Waals surface area contributed by atoms with Gasteiger partial charge in [-0.3, -0.25) is 4.79 Å². The predicted octanol–water partition coefficient (Wildman–Crippen LogP) is 0.460. The SMILES string of the molecule is C#CCN(C(=O)Cc1cccc(N)c1)C1CCS(=O)(=O)C1. The monoisotopic (exact) mass is 306 g/mol. The lowest BCUT2D eigenvalue weighted by Gasteiger charge is -2.26. The van der Waals surface area contributed by atoms with Crippen molar-refractivity contribution in [2.75, 3.05) is 23.8 Å². The number of nitrogen functional groups attached to an aromatic ring is 1. The van der Waals surface area contributed by atoms with Crippen molar-refractivity contribution in [2.24, 2.45) is 0 Å². The third-order valence-corrected chi connectivity index (χ3v) is 5.29. The molecule has 0 saturated carbocycles. The van der Waals surface area contributed by atoms with Gasteiger partial charge in [0, 0.05) is 11.7 Å². The Morgan fingerprint density at radius 2 is 2.24 bits per heavy atom. The van der Waals surface area contributed by atoms with Gasteiger partial charge in [-0.2, -0.15) is 0 Å². The van der Waals surface area contributed by atoms with Gasteiger partial charge in [0.2, 0.25) is 5.91 Å². The maximum atomic E-state index is 12.4. The second-order valence-electron chi connectivity index (χ2n) is 5.20. The molecule has 112 valence electrons. The van der Waals surface area contributed by atoms with Gasteiger partial charge >= 0.3 is 0 Å². The van der Waals surface area contributed by atoms with E-state index in [0.29, 0.717) is 12.1 Å². The summed E-state index contributed by atoms with van der Waals surface area (Å²) in [5.74, 6) is 2.38. The number of carbonyl (C=O) groups excluding carboxylic acids is 1. The van der Waals surface area contributed by atoms with Crippen molar-refractivity contribution >= 4 is 21.4 Å². The molecule has 1 saturated heterocycles. The molecule has 2 rings (SSSR count). The van der Waals surface area contributed by atoms with Gasteiger partial charge in [-0.05, 0) is 24.1 Å². The molecular formula is C15H18N2O3S. The Balaban J connectivity index is 2.11. The van der Waals surface area contributed by atoms with E-state index in [4.69, 9.17) is 12.2 Å². The molecule has 1 amide bonds. The molecule has 1 fully saturated rings. The van der Waals surface area contributed by atoms with Crippen LogP contribution < -0.4 is 5.73 Å². The van der Waals surface area contributed by atoms with E-state index < -0.39 is 9.84 Å². The highest BCUT2D eigenvalue weighted by molar-refractivity contribution is 7.91. The number of terminal acetylenes is 1. The first-order chi connectivity index (χ1) is 9.91. The summed E-state index contributed by atoms with van der Waals surface area (Å²) >= 11 is 0.